The van der Waals surface area contributed by atoms with Crippen LogP contribution in [-0.2, 0) is 4.74 Å². The zero-order chi connectivity index (χ0) is 14.4. The summed E-state index contributed by atoms with van der Waals surface area (Å²) in [6, 6.07) is 6.23. The predicted molar refractivity (Wildman–Crippen MR) is 83.7 cm³/mol. The Hall–Kier alpha value is -1.65. The van der Waals surface area contributed by atoms with Crippen LogP contribution in [0.1, 0.15) is 25.8 Å². The van der Waals surface area contributed by atoms with E-state index in [2.05, 4.69) is 21.5 Å². The largest absolute Gasteiger partial charge is 0.378 e. The van der Waals surface area contributed by atoms with Crippen molar-refractivity contribution in [3.8, 4) is 0 Å². The number of ether oxygens (including phenoxy) is 1. The van der Waals surface area contributed by atoms with Gasteiger partial charge in [-0.3, -0.25) is 4.98 Å². The van der Waals surface area contributed by atoms with Crippen molar-refractivity contribution in [2.45, 2.75) is 31.9 Å². The molecular formula is C16H16ClN3O. The van der Waals surface area contributed by atoms with E-state index in [1.54, 1.807) is 0 Å². The van der Waals surface area contributed by atoms with Crippen molar-refractivity contribution in [3.05, 3.63) is 35.7 Å². The zero-order valence-electron chi connectivity index (χ0n) is 11.8. The molecular weight excluding hydrogens is 286 g/mol. The minimum Gasteiger partial charge on any atom is -0.378 e. The van der Waals surface area contributed by atoms with E-state index >= 15 is 0 Å². The number of hydrogen-bond donors (Lipinski definition) is 0. The fraction of sp³-hybridized carbons (Fsp3) is 0.375. The highest BCUT2D eigenvalue weighted by molar-refractivity contribution is 6.31. The first-order chi connectivity index (χ1) is 10.2. The standard InChI is InChI=1S/C16H16ClN3O/c1-10-6-12(4-5-21-10)20-9-19-15-8-18-14-3-2-11(17)7-13(14)16(15)20/h2-3,7-10,12H,4-6H2,1H3/t10-,12?/m1/s1. The van der Waals surface area contributed by atoms with Gasteiger partial charge in [-0.05, 0) is 38.0 Å². The van der Waals surface area contributed by atoms with Crippen molar-refractivity contribution in [2.75, 3.05) is 6.61 Å². The first-order valence-corrected chi connectivity index (χ1v) is 7.62. The molecule has 1 aromatic carbocycles. The van der Waals surface area contributed by atoms with Crippen LogP contribution in [0.5, 0.6) is 0 Å². The lowest BCUT2D eigenvalue weighted by molar-refractivity contribution is 0.00674. The molecule has 0 N–H and O–H groups in total. The Labute approximate surface area is 127 Å². The van der Waals surface area contributed by atoms with Gasteiger partial charge in [0.1, 0.15) is 5.52 Å². The molecule has 0 bridgehead atoms. The van der Waals surface area contributed by atoms with E-state index in [9.17, 15) is 0 Å². The average Bonchev–Trinajstić information content (AvgIpc) is 2.91. The summed E-state index contributed by atoms with van der Waals surface area (Å²) in [4.78, 5) is 8.98. The van der Waals surface area contributed by atoms with Crippen LogP contribution >= 0.6 is 11.6 Å². The van der Waals surface area contributed by atoms with Gasteiger partial charge in [-0.2, -0.15) is 0 Å². The molecule has 1 unspecified atom stereocenters. The highest BCUT2D eigenvalue weighted by atomic mass is 35.5. The maximum absolute atomic E-state index is 6.17. The molecule has 3 heterocycles. The van der Waals surface area contributed by atoms with E-state index < -0.39 is 0 Å². The second kappa shape index (κ2) is 4.97. The van der Waals surface area contributed by atoms with Gasteiger partial charge in [-0.1, -0.05) is 11.6 Å². The summed E-state index contributed by atoms with van der Waals surface area (Å²) in [6.07, 6.45) is 6.08. The van der Waals surface area contributed by atoms with Gasteiger partial charge < -0.3 is 9.30 Å². The number of imidazole rings is 1. The number of hydrogen-bond acceptors (Lipinski definition) is 3. The second-order valence-corrected chi connectivity index (χ2v) is 6.10. The average molecular weight is 302 g/mol. The van der Waals surface area contributed by atoms with E-state index in [0.717, 1.165) is 46.4 Å². The number of aromatic nitrogens is 3. The topological polar surface area (TPSA) is 39.9 Å². The molecule has 21 heavy (non-hydrogen) atoms. The summed E-state index contributed by atoms with van der Waals surface area (Å²) in [5.41, 5.74) is 3.00. The first-order valence-electron chi connectivity index (χ1n) is 7.25. The summed E-state index contributed by atoms with van der Waals surface area (Å²) >= 11 is 6.17. The van der Waals surface area contributed by atoms with Crippen molar-refractivity contribution in [2.24, 2.45) is 0 Å². The molecule has 1 aliphatic rings. The van der Waals surface area contributed by atoms with Gasteiger partial charge in [0, 0.05) is 23.1 Å². The Bertz CT molecular complexity index is 814. The molecule has 0 spiro atoms. The third-order valence-electron chi connectivity index (χ3n) is 4.21. The molecule has 0 saturated carbocycles. The fourth-order valence-corrected chi connectivity index (χ4v) is 3.36. The SMILES string of the molecule is C[C@@H]1CC(n2cnc3cnc4ccc(Cl)cc4c32)CCO1. The van der Waals surface area contributed by atoms with Gasteiger partial charge in [0.25, 0.3) is 0 Å². The molecule has 1 aliphatic heterocycles. The van der Waals surface area contributed by atoms with E-state index in [0.29, 0.717) is 6.04 Å². The number of pyridine rings is 1. The Balaban J connectivity index is 1.95. The molecule has 4 rings (SSSR count). The van der Waals surface area contributed by atoms with Crippen LogP contribution in [-0.4, -0.2) is 27.2 Å². The van der Waals surface area contributed by atoms with E-state index in [-0.39, 0.29) is 6.10 Å². The molecule has 108 valence electrons. The van der Waals surface area contributed by atoms with Crippen molar-refractivity contribution in [1.82, 2.24) is 14.5 Å². The minimum atomic E-state index is 0.290. The Kier molecular flexibility index (Phi) is 3.08. The van der Waals surface area contributed by atoms with Crippen LogP contribution < -0.4 is 0 Å². The third-order valence-corrected chi connectivity index (χ3v) is 4.45. The van der Waals surface area contributed by atoms with Crippen molar-refractivity contribution >= 4 is 33.5 Å². The number of benzene rings is 1. The monoisotopic (exact) mass is 301 g/mol. The van der Waals surface area contributed by atoms with Gasteiger partial charge >= 0.3 is 0 Å². The van der Waals surface area contributed by atoms with Gasteiger partial charge in [0.2, 0.25) is 0 Å². The van der Waals surface area contributed by atoms with Gasteiger partial charge in [-0.25, -0.2) is 4.98 Å². The Morgan fingerprint density at radius 3 is 3.05 bits per heavy atom. The molecule has 2 atom stereocenters. The lowest BCUT2D eigenvalue weighted by Crippen LogP contribution is -2.25. The first kappa shape index (κ1) is 13.0. The molecule has 5 heteroatoms. The summed E-state index contributed by atoms with van der Waals surface area (Å²) < 4.78 is 7.93. The minimum absolute atomic E-state index is 0.290. The maximum atomic E-state index is 6.17. The third kappa shape index (κ3) is 2.19. The van der Waals surface area contributed by atoms with Crippen LogP contribution in [0.25, 0.3) is 21.9 Å². The van der Waals surface area contributed by atoms with Crippen molar-refractivity contribution in [1.29, 1.82) is 0 Å². The van der Waals surface area contributed by atoms with Crippen LogP contribution in [0.15, 0.2) is 30.7 Å². The quantitative estimate of drug-likeness (QED) is 0.682. The molecule has 0 radical (unpaired) electrons. The van der Waals surface area contributed by atoms with Crippen LogP contribution in [0.3, 0.4) is 0 Å². The highest BCUT2D eigenvalue weighted by Crippen LogP contribution is 2.32. The molecule has 3 aromatic rings. The van der Waals surface area contributed by atoms with Gasteiger partial charge in [-0.15, -0.1) is 0 Å². The van der Waals surface area contributed by atoms with E-state index in [1.807, 2.05) is 30.7 Å². The Morgan fingerprint density at radius 1 is 1.29 bits per heavy atom. The van der Waals surface area contributed by atoms with Crippen LogP contribution in [0.4, 0.5) is 0 Å². The summed E-state index contributed by atoms with van der Waals surface area (Å²) in [7, 11) is 0. The lowest BCUT2D eigenvalue weighted by atomic mass is 10.0. The molecule has 1 saturated heterocycles. The number of fused-ring (bicyclic) bond motifs is 3. The second-order valence-electron chi connectivity index (χ2n) is 5.66. The lowest BCUT2D eigenvalue weighted by Gasteiger charge is -2.28. The van der Waals surface area contributed by atoms with Crippen LogP contribution in [0.2, 0.25) is 5.02 Å². The molecule has 1 fully saturated rings. The highest BCUT2D eigenvalue weighted by Gasteiger charge is 2.23. The predicted octanol–water partition coefficient (Wildman–Crippen LogP) is 3.98. The molecule has 2 aromatic heterocycles. The Morgan fingerprint density at radius 2 is 2.19 bits per heavy atom. The number of halogens is 1. The zero-order valence-corrected chi connectivity index (χ0v) is 12.5. The summed E-state index contributed by atoms with van der Waals surface area (Å²) in [5.74, 6) is 0. The van der Waals surface area contributed by atoms with Crippen molar-refractivity contribution < 1.29 is 4.74 Å². The smallest absolute Gasteiger partial charge is 0.107 e. The molecule has 0 amide bonds. The summed E-state index contributed by atoms with van der Waals surface area (Å²) in [5, 5.41) is 1.79. The van der Waals surface area contributed by atoms with E-state index in [4.69, 9.17) is 16.3 Å². The van der Waals surface area contributed by atoms with Crippen LogP contribution in [0, 0.1) is 0 Å². The number of rotatable bonds is 1. The fourth-order valence-electron chi connectivity index (χ4n) is 3.19. The number of nitrogens with zero attached hydrogens (tertiary/aromatic N) is 3. The van der Waals surface area contributed by atoms with Crippen molar-refractivity contribution in [3.63, 3.8) is 0 Å². The normalized spacial score (nSPS) is 23.0. The van der Waals surface area contributed by atoms with Gasteiger partial charge in [0.15, 0.2) is 0 Å². The summed E-state index contributed by atoms with van der Waals surface area (Å²) in [6.45, 7) is 2.93. The van der Waals surface area contributed by atoms with E-state index in [1.165, 1.54) is 0 Å². The van der Waals surface area contributed by atoms with Gasteiger partial charge in [0.05, 0.1) is 29.7 Å². The maximum Gasteiger partial charge on any atom is 0.107 e. The molecule has 4 nitrogen and oxygen atoms in total. The molecule has 0 aliphatic carbocycles.